The maximum atomic E-state index is 12.6. The summed E-state index contributed by atoms with van der Waals surface area (Å²) >= 11 is 1.36. The number of hydrogen-bond donors (Lipinski definition) is 3. The Kier molecular flexibility index (Phi) is 5.23. The number of aromatic amines is 1. The number of thiophene rings is 1. The lowest BCUT2D eigenvalue weighted by atomic mass is 10.1. The lowest BCUT2D eigenvalue weighted by Crippen LogP contribution is -2.15. The highest BCUT2D eigenvalue weighted by Crippen LogP contribution is 2.21. The Morgan fingerprint density at radius 2 is 1.63 bits per heavy atom. The first-order chi connectivity index (χ1) is 12.9. The van der Waals surface area contributed by atoms with Gasteiger partial charge in [0, 0.05) is 22.6 Å². The third-order valence-electron chi connectivity index (χ3n) is 4.14. The summed E-state index contributed by atoms with van der Waals surface area (Å²) in [5.74, 6) is -0.626. The zero-order chi connectivity index (χ0) is 19.6. The number of carbonyl (C=O) groups is 3. The lowest BCUT2D eigenvalue weighted by Gasteiger charge is -2.08. The molecule has 2 heterocycles. The van der Waals surface area contributed by atoms with E-state index in [0.29, 0.717) is 38.8 Å². The minimum Gasteiger partial charge on any atom is -0.354 e. The van der Waals surface area contributed by atoms with E-state index in [4.69, 9.17) is 0 Å². The van der Waals surface area contributed by atoms with Crippen molar-refractivity contribution in [2.45, 2.75) is 20.8 Å². The molecule has 0 aliphatic heterocycles. The zero-order valence-corrected chi connectivity index (χ0v) is 16.0. The van der Waals surface area contributed by atoms with Crippen LogP contribution in [0.1, 0.15) is 48.7 Å². The number of nitrogens with one attached hydrogen (secondary N) is 3. The van der Waals surface area contributed by atoms with Crippen LogP contribution in [0, 0.1) is 13.8 Å². The standard InChI is InChI=1S/C20H19N3O3S/c1-11-17(13(3)24)12(2)21-18(11)20(26)23-15-7-4-6-14(10-15)22-19(25)16-8-5-9-27-16/h4-10,21H,1-3H3,(H,22,25)(H,23,26). The molecule has 0 unspecified atom stereocenters. The van der Waals surface area contributed by atoms with Gasteiger partial charge in [-0.25, -0.2) is 0 Å². The molecule has 2 amide bonds. The number of aromatic nitrogens is 1. The minimum atomic E-state index is -0.343. The molecular formula is C20H19N3O3S. The first kappa shape index (κ1) is 18.6. The number of aryl methyl sites for hydroxylation is 1. The van der Waals surface area contributed by atoms with Gasteiger partial charge >= 0.3 is 0 Å². The van der Waals surface area contributed by atoms with E-state index in [1.165, 1.54) is 18.3 Å². The predicted octanol–water partition coefficient (Wildman–Crippen LogP) is 4.40. The quantitative estimate of drug-likeness (QED) is 0.572. The van der Waals surface area contributed by atoms with Crippen molar-refractivity contribution in [1.82, 2.24) is 4.98 Å². The van der Waals surface area contributed by atoms with Crippen LogP contribution in [-0.4, -0.2) is 22.6 Å². The van der Waals surface area contributed by atoms with Crippen molar-refractivity contribution in [3.8, 4) is 0 Å². The van der Waals surface area contributed by atoms with Crippen molar-refractivity contribution in [2.75, 3.05) is 10.6 Å². The summed E-state index contributed by atoms with van der Waals surface area (Å²) in [4.78, 5) is 40.1. The molecule has 1 aromatic carbocycles. The van der Waals surface area contributed by atoms with E-state index in [-0.39, 0.29) is 17.6 Å². The van der Waals surface area contributed by atoms with Crippen LogP contribution >= 0.6 is 11.3 Å². The molecule has 27 heavy (non-hydrogen) atoms. The Morgan fingerprint density at radius 1 is 0.963 bits per heavy atom. The van der Waals surface area contributed by atoms with Gasteiger partial charge in [-0.3, -0.25) is 14.4 Å². The minimum absolute atomic E-state index is 0.0846. The molecule has 2 aromatic heterocycles. The average Bonchev–Trinajstić information content (AvgIpc) is 3.23. The van der Waals surface area contributed by atoms with Crippen LogP contribution in [0.15, 0.2) is 41.8 Å². The number of anilines is 2. The molecule has 0 saturated carbocycles. The second-order valence-corrected chi connectivity index (χ2v) is 7.10. The third-order valence-corrected chi connectivity index (χ3v) is 5.01. The van der Waals surface area contributed by atoms with Gasteiger partial charge in [-0.15, -0.1) is 11.3 Å². The molecule has 0 spiro atoms. The van der Waals surface area contributed by atoms with Crippen LogP contribution in [-0.2, 0) is 0 Å². The Morgan fingerprint density at radius 3 is 2.19 bits per heavy atom. The Bertz CT molecular complexity index is 1020. The molecule has 0 fully saturated rings. The Balaban J connectivity index is 1.76. The number of carbonyl (C=O) groups excluding carboxylic acids is 3. The number of rotatable bonds is 5. The van der Waals surface area contributed by atoms with Crippen LogP contribution < -0.4 is 10.6 Å². The molecule has 0 aliphatic rings. The van der Waals surface area contributed by atoms with Gasteiger partial charge in [0.15, 0.2) is 5.78 Å². The van der Waals surface area contributed by atoms with E-state index < -0.39 is 0 Å². The van der Waals surface area contributed by atoms with Crippen molar-refractivity contribution >= 4 is 40.3 Å². The fraction of sp³-hybridized carbons (Fsp3) is 0.150. The summed E-state index contributed by atoms with van der Waals surface area (Å²) in [6.07, 6.45) is 0. The van der Waals surface area contributed by atoms with Crippen molar-refractivity contribution < 1.29 is 14.4 Å². The molecule has 0 bridgehead atoms. The van der Waals surface area contributed by atoms with E-state index in [0.717, 1.165) is 0 Å². The predicted molar refractivity (Wildman–Crippen MR) is 107 cm³/mol. The van der Waals surface area contributed by atoms with Crippen molar-refractivity contribution in [3.05, 3.63) is 69.2 Å². The summed E-state index contributed by atoms with van der Waals surface area (Å²) < 4.78 is 0. The van der Waals surface area contributed by atoms with E-state index in [9.17, 15) is 14.4 Å². The number of Topliss-reactive ketones (excluding diaryl/α,β-unsaturated/α-hetero) is 1. The van der Waals surface area contributed by atoms with Crippen LogP contribution in [0.25, 0.3) is 0 Å². The first-order valence-corrected chi connectivity index (χ1v) is 9.21. The van der Waals surface area contributed by atoms with Crippen LogP contribution in [0.3, 0.4) is 0 Å². The zero-order valence-electron chi connectivity index (χ0n) is 15.2. The molecular weight excluding hydrogens is 362 g/mol. The van der Waals surface area contributed by atoms with Gasteiger partial charge in [-0.1, -0.05) is 12.1 Å². The summed E-state index contributed by atoms with van der Waals surface area (Å²) in [5.41, 5.74) is 3.31. The smallest absolute Gasteiger partial charge is 0.272 e. The van der Waals surface area contributed by atoms with Gasteiger partial charge in [0.2, 0.25) is 0 Å². The Hall–Kier alpha value is -3.19. The van der Waals surface area contributed by atoms with E-state index >= 15 is 0 Å². The number of amides is 2. The van der Waals surface area contributed by atoms with Crippen molar-refractivity contribution in [2.24, 2.45) is 0 Å². The number of hydrogen-bond acceptors (Lipinski definition) is 4. The van der Waals surface area contributed by atoms with Crippen molar-refractivity contribution in [3.63, 3.8) is 0 Å². The highest BCUT2D eigenvalue weighted by molar-refractivity contribution is 7.12. The normalized spacial score (nSPS) is 10.5. The molecule has 138 valence electrons. The fourth-order valence-corrected chi connectivity index (χ4v) is 3.59. The first-order valence-electron chi connectivity index (χ1n) is 8.33. The summed E-state index contributed by atoms with van der Waals surface area (Å²) in [6, 6.07) is 10.5. The van der Waals surface area contributed by atoms with Crippen molar-refractivity contribution in [1.29, 1.82) is 0 Å². The van der Waals surface area contributed by atoms with Gasteiger partial charge in [-0.05, 0) is 56.0 Å². The van der Waals surface area contributed by atoms with Crippen LogP contribution in [0.5, 0.6) is 0 Å². The molecule has 3 aromatic rings. The molecule has 3 rings (SSSR count). The van der Waals surface area contributed by atoms with Gasteiger partial charge in [0.25, 0.3) is 11.8 Å². The number of H-pyrrole nitrogens is 1. The molecule has 0 aliphatic carbocycles. The number of benzene rings is 1. The van der Waals surface area contributed by atoms with E-state index in [2.05, 4.69) is 15.6 Å². The molecule has 0 radical (unpaired) electrons. The van der Waals surface area contributed by atoms with Crippen LogP contribution in [0.4, 0.5) is 11.4 Å². The topological polar surface area (TPSA) is 91.1 Å². The molecule has 7 heteroatoms. The summed E-state index contributed by atoms with van der Waals surface area (Å²) in [5, 5.41) is 7.44. The maximum absolute atomic E-state index is 12.6. The second kappa shape index (κ2) is 7.59. The number of ketones is 1. The molecule has 0 atom stereocenters. The highest BCUT2D eigenvalue weighted by atomic mass is 32.1. The largest absolute Gasteiger partial charge is 0.354 e. The van der Waals surface area contributed by atoms with Gasteiger partial charge < -0.3 is 15.6 Å². The van der Waals surface area contributed by atoms with Gasteiger partial charge in [0.1, 0.15) is 5.69 Å². The monoisotopic (exact) mass is 381 g/mol. The van der Waals surface area contributed by atoms with Crippen LogP contribution in [0.2, 0.25) is 0 Å². The summed E-state index contributed by atoms with van der Waals surface area (Å²) in [7, 11) is 0. The van der Waals surface area contributed by atoms with Gasteiger partial charge in [0.05, 0.1) is 4.88 Å². The summed E-state index contributed by atoms with van der Waals surface area (Å²) in [6.45, 7) is 4.98. The average molecular weight is 381 g/mol. The van der Waals surface area contributed by atoms with Gasteiger partial charge in [-0.2, -0.15) is 0 Å². The molecule has 0 saturated heterocycles. The second-order valence-electron chi connectivity index (χ2n) is 6.15. The van der Waals surface area contributed by atoms with E-state index in [1.807, 2.05) is 11.4 Å². The molecule has 3 N–H and O–H groups in total. The van der Waals surface area contributed by atoms with E-state index in [1.54, 1.807) is 44.2 Å². The Labute approximate surface area is 160 Å². The SMILES string of the molecule is CC(=O)c1c(C)[nH]c(C(=O)Nc2cccc(NC(=O)c3cccs3)c2)c1C. The fourth-order valence-electron chi connectivity index (χ4n) is 2.97. The lowest BCUT2D eigenvalue weighted by molar-refractivity contribution is 0.101. The third kappa shape index (κ3) is 3.98. The highest BCUT2D eigenvalue weighted by Gasteiger charge is 2.20. The molecule has 6 nitrogen and oxygen atoms in total. The maximum Gasteiger partial charge on any atom is 0.272 e.